The summed E-state index contributed by atoms with van der Waals surface area (Å²) in [4.78, 5) is 12.6. The summed E-state index contributed by atoms with van der Waals surface area (Å²) in [5, 5.41) is 31.4. The van der Waals surface area contributed by atoms with Gasteiger partial charge in [0, 0.05) is 12.0 Å². The van der Waals surface area contributed by atoms with Gasteiger partial charge in [-0.15, -0.1) is 0 Å². The van der Waals surface area contributed by atoms with E-state index in [1.165, 1.54) is 0 Å². The molecule has 1 heterocycles. The van der Waals surface area contributed by atoms with Crippen LogP contribution >= 0.6 is 0 Å². The molecular formula is C63H67NO10. The van der Waals surface area contributed by atoms with E-state index in [2.05, 4.69) is 85.0 Å². The van der Waals surface area contributed by atoms with Crippen molar-refractivity contribution in [3.05, 3.63) is 250 Å². The average Bonchev–Trinajstić information content (AvgIpc) is 3.45. The molecule has 384 valence electrons. The largest absolute Gasteiger partial charge is 0.489 e. The molecule has 7 aromatic rings. The fourth-order valence-corrected chi connectivity index (χ4v) is 8.94. The van der Waals surface area contributed by atoms with Gasteiger partial charge in [-0.2, -0.15) is 0 Å². The van der Waals surface area contributed by atoms with Gasteiger partial charge in [-0.05, 0) is 75.5 Å². The Morgan fingerprint density at radius 2 is 1.04 bits per heavy atom. The summed E-state index contributed by atoms with van der Waals surface area (Å²) in [6, 6.07) is 63.0. The third-order valence-corrected chi connectivity index (χ3v) is 13.2. The number of rotatable bonds is 26. The van der Waals surface area contributed by atoms with Gasteiger partial charge in [0.15, 0.2) is 0 Å². The zero-order chi connectivity index (χ0) is 51.4. The van der Waals surface area contributed by atoms with Crippen LogP contribution in [0.15, 0.2) is 194 Å². The zero-order valence-corrected chi connectivity index (χ0v) is 41.9. The van der Waals surface area contributed by atoms with Crippen LogP contribution in [0.25, 0.3) is 6.08 Å². The van der Waals surface area contributed by atoms with Gasteiger partial charge in [-0.1, -0.05) is 188 Å². The first-order valence-electron chi connectivity index (χ1n) is 25.2. The lowest BCUT2D eigenvalue weighted by Gasteiger charge is -2.46. The van der Waals surface area contributed by atoms with Gasteiger partial charge in [0.25, 0.3) is 0 Å². The summed E-state index contributed by atoms with van der Waals surface area (Å²) in [6.45, 7) is 2.16. The maximum absolute atomic E-state index is 12.6. The van der Waals surface area contributed by atoms with Crippen LogP contribution in [0, 0.1) is 6.92 Å². The number of hydrogen-bond donors (Lipinski definition) is 4. The third-order valence-electron chi connectivity index (χ3n) is 13.2. The third kappa shape index (κ3) is 15.2. The van der Waals surface area contributed by atoms with Gasteiger partial charge in [-0.25, -0.2) is 0 Å². The highest BCUT2D eigenvalue weighted by Gasteiger charge is 2.50. The zero-order valence-electron chi connectivity index (χ0n) is 41.9. The van der Waals surface area contributed by atoms with E-state index in [-0.39, 0.29) is 19.6 Å². The Morgan fingerprint density at radius 3 is 1.55 bits per heavy atom. The minimum Gasteiger partial charge on any atom is -0.489 e. The molecule has 1 saturated heterocycles. The first-order chi connectivity index (χ1) is 36.3. The monoisotopic (exact) mass is 997 g/mol. The molecule has 8 rings (SSSR count). The van der Waals surface area contributed by atoms with E-state index in [1.807, 2.05) is 121 Å². The summed E-state index contributed by atoms with van der Waals surface area (Å²) in [7, 11) is 0. The van der Waals surface area contributed by atoms with Gasteiger partial charge in [0.1, 0.15) is 48.4 Å². The van der Waals surface area contributed by atoms with Crippen molar-refractivity contribution in [2.24, 2.45) is 0 Å². The Balaban J connectivity index is 1.16. The number of ether oxygens (including phenoxy) is 6. The number of aliphatic hydroxyl groups is 3. The quantitative estimate of drug-likeness (QED) is 0.0414. The van der Waals surface area contributed by atoms with Crippen molar-refractivity contribution in [1.82, 2.24) is 5.32 Å². The maximum atomic E-state index is 12.6. The predicted octanol–water partition coefficient (Wildman–Crippen LogP) is 9.81. The lowest BCUT2D eigenvalue weighted by Crippen LogP contribution is -2.58. The molecule has 1 aliphatic rings. The summed E-state index contributed by atoms with van der Waals surface area (Å²) >= 11 is 0. The summed E-state index contributed by atoms with van der Waals surface area (Å²) in [5.41, 5.74) is 8.49. The highest BCUT2D eigenvalue weighted by molar-refractivity contribution is 5.79. The molecule has 0 bridgehead atoms. The van der Waals surface area contributed by atoms with Crippen LogP contribution in [0.3, 0.4) is 0 Å². The van der Waals surface area contributed by atoms with Crippen molar-refractivity contribution < 1.29 is 48.5 Å². The molecule has 0 aromatic heterocycles. The topological polar surface area (TPSA) is 145 Å². The lowest BCUT2D eigenvalue weighted by atomic mass is 9.87. The Labute approximate surface area is 435 Å². The van der Waals surface area contributed by atoms with Crippen molar-refractivity contribution in [3.63, 3.8) is 0 Å². The first-order valence-corrected chi connectivity index (χ1v) is 25.2. The lowest BCUT2D eigenvalue weighted by molar-refractivity contribution is -0.275. The predicted molar refractivity (Wildman–Crippen MR) is 286 cm³/mol. The van der Waals surface area contributed by atoms with Crippen LogP contribution in [-0.4, -0.2) is 77.6 Å². The number of nitrogens with one attached hydrogen (secondary N) is 1. The Bertz CT molecular complexity index is 2770. The molecule has 0 saturated carbocycles. The minimum atomic E-state index is -1.48. The molecule has 11 nitrogen and oxygen atoms in total. The second-order valence-electron chi connectivity index (χ2n) is 18.8. The second kappa shape index (κ2) is 27.5. The van der Waals surface area contributed by atoms with Crippen molar-refractivity contribution >= 4 is 12.0 Å². The Hall–Kier alpha value is -6.77. The van der Waals surface area contributed by atoms with Crippen LogP contribution in [0.5, 0.6) is 5.75 Å². The normalized spacial score (nSPS) is 17.8. The van der Waals surface area contributed by atoms with Gasteiger partial charge in [-0.3, -0.25) is 4.79 Å². The molecule has 11 heteroatoms. The molecule has 0 aliphatic carbocycles. The van der Waals surface area contributed by atoms with E-state index in [0.717, 1.165) is 55.6 Å². The molecule has 0 radical (unpaired) electrons. The van der Waals surface area contributed by atoms with Crippen molar-refractivity contribution in [1.29, 1.82) is 0 Å². The van der Waals surface area contributed by atoms with Crippen LogP contribution in [-0.2, 0) is 67.9 Å². The minimum absolute atomic E-state index is 0.00151. The molecule has 7 aromatic carbocycles. The summed E-state index contributed by atoms with van der Waals surface area (Å²) in [6.07, 6.45) is 0.862. The van der Waals surface area contributed by atoms with E-state index < -0.39 is 61.8 Å². The second-order valence-corrected chi connectivity index (χ2v) is 18.8. The number of carbonyl (C=O) groups excluding carboxylic acids is 1. The van der Waals surface area contributed by atoms with Crippen LogP contribution < -0.4 is 10.1 Å². The number of amides is 1. The van der Waals surface area contributed by atoms with Crippen molar-refractivity contribution in [2.45, 2.75) is 88.9 Å². The smallest absolute Gasteiger partial charge is 0.224 e. The molecule has 74 heavy (non-hydrogen) atoms. The fourth-order valence-electron chi connectivity index (χ4n) is 8.94. The fraction of sp³-hybridized carbons (Fsp3) is 0.286. The standard InChI is InChI=1S/C63H67NO10/c1-46-34-56(70-38-50-20-9-3-10-21-50)55(36-54(46)35-48-32-30-47(31-33-48)28-17-29-58(68)64-63(43-65,44-66)45-67)59-61(72-40-52-24-13-5-14-25-52)62(73-41-53-26-15-6-16-27-53)60(71-39-51-22-11-4-12-23-51)57(74-59)42-69-37-49-18-7-2-8-19-49/h2-28,30-34,36,57,59-62,65-67H,29,35,37-45H2,1H3,(H,64,68)/b28-17+/t57-,59+,60-,61+,62+/m1/s1. The highest BCUT2D eigenvalue weighted by Crippen LogP contribution is 2.43. The summed E-state index contributed by atoms with van der Waals surface area (Å²) in [5.74, 6) is 0.240. The van der Waals surface area contributed by atoms with Gasteiger partial charge in [0.05, 0.1) is 52.9 Å². The van der Waals surface area contributed by atoms with E-state index in [4.69, 9.17) is 28.4 Å². The van der Waals surface area contributed by atoms with Crippen LogP contribution in [0.1, 0.15) is 68.2 Å². The Morgan fingerprint density at radius 1 is 0.568 bits per heavy atom. The molecule has 4 N–H and O–H groups in total. The molecule has 1 fully saturated rings. The van der Waals surface area contributed by atoms with E-state index in [1.54, 1.807) is 6.08 Å². The number of carbonyl (C=O) groups is 1. The average molecular weight is 998 g/mol. The van der Waals surface area contributed by atoms with Crippen LogP contribution in [0.2, 0.25) is 0 Å². The highest BCUT2D eigenvalue weighted by atomic mass is 16.6. The number of aliphatic hydroxyl groups excluding tert-OH is 3. The molecular weight excluding hydrogens is 931 g/mol. The molecule has 1 aliphatic heterocycles. The SMILES string of the molecule is Cc1cc(OCc2ccccc2)c([C@@H]2O[C@H](COCc3ccccc3)[C@@H](OCc3ccccc3)[C@H](OCc3ccccc3)[C@H]2OCc2ccccc2)cc1Cc1ccc(/C=C/CC(=O)NC(CO)(CO)CO)cc1. The van der Waals surface area contributed by atoms with Crippen LogP contribution in [0.4, 0.5) is 0 Å². The Kier molecular flexibility index (Phi) is 19.9. The van der Waals surface area contributed by atoms with E-state index in [9.17, 15) is 20.1 Å². The molecule has 0 unspecified atom stereocenters. The van der Waals surface area contributed by atoms with Crippen molar-refractivity contribution in [2.75, 3.05) is 26.4 Å². The number of hydrogen-bond acceptors (Lipinski definition) is 10. The molecule has 0 spiro atoms. The maximum Gasteiger partial charge on any atom is 0.224 e. The van der Waals surface area contributed by atoms with Crippen molar-refractivity contribution in [3.8, 4) is 5.75 Å². The molecule has 1 amide bonds. The summed E-state index contributed by atoms with van der Waals surface area (Å²) < 4.78 is 42.1. The number of benzene rings is 7. The van der Waals surface area contributed by atoms with Gasteiger partial charge in [0.2, 0.25) is 5.91 Å². The van der Waals surface area contributed by atoms with Gasteiger partial charge < -0.3 is 49.1 Å². The van der Waals surface area contributed by atoms with E-state index in [0.29, 0.717) is 38.6 Å². The molecule has 5 atom stereocenters. The first kappa shape index (κ1) is 53.5. The number of aryl methyl sites for hydroxylation is 1. The van der Waals surface area contributed by atoms with Gasteiger partial charge >= 0.3 is 0 Å². The van der Waals surface area contributed by atoms with E-state index >= 15 is 0 Å².